The van der Waals surface area contributed by atoms with Crippen LogP contribution in [-0.2, 0) is 0 Å². The van der Waals surface area contributed by atoms with Gasteiger partial charge in [0.15, 0.2) is 5.11 Å². The molecule has 16 heavy (non-hydrogen) atoms. The molecule has 3 nitrogen and oxygen atoms in total. The second-order valence-electron chi connectivity index (χ2n) is 4.00. The van der Waals surface area contributed by atoms with Crippen LogP contribution in [0.1, 0.15) is 13.8 Å². The van der Waals surface area contributed by atoms with E-state index in [2.05, 4.69) is 10.6 Å². The molecule has 0 bridgehead atoms. The van der Waals surface area contributed by atoms with E-state index >= 15 is 0 Å². The molecule has 0 amide bonds. The zero-order chi connectivity index (χ0) is 12.0. The fourth-order valence-corrected chi connectivity index (χ4v) is 1.55. The van der Waals surface area contributed by atoms with Crippen molar-refractivity contribution in [2.75, 3.05) is 11.9 Å². The number of aliphatic hydroxyl groups excluding tert-OH is 1. The summed E-state index contributed by atoms with van der Waals surface area (Å²) >= 11 is 5.16. The molecule has 1 aromatic rings. The van der Waals surface area contributed by atoms with E-state index in [4.69, 9.17) is 17.3 Å². The number of rotatable bonds is 4. The van der Waals surface area contributed by atoms with Gasteiger partial charge in [0, 0.05) is 5.69 Å². The predicted octanol–water partition coefficient (Wildman–Crippen LogP) is 1.99. The number of aliphatic hydroxyl groups is 1. The van der Waals surface area contributed by atoms with Crippen LogP contribution in [0.5, 0.6) is 0 Å². The maximum Gasteiger partial charge on any atom is 0.171 e. The van der Waals surface area contributed by atoms with Gasteiger partial charge >= 0.3 is 0 Å². The van der Waals surface area contributed by atoms with Gasteiger partial charge in [0.05, 0.1) is 12.6 Å². The highest BCUT2D eigenvalue weighted by atomic mass is 32.1. The molecule has 1 atom stereocenters. The zero-order valence-corrected chi connectivity index (χ0v) is 10.4. The van der Waals surface area contributed by atoms with Crippen LogP contribution in [0.3, 0.4) is 0 Å². The zero-order valence-electron chi connectivity index (χ0n) is 9.60. The summed E-state index contributed by atoms with van der Waals surface area (Å²) in [6.07, 6.45) is 0. The molecule has 0 saturated carbocycles. The highest BCUT2D eigenvalue weighted by molar-refractivity contribution is 7.80. The van der Waals surface area contributed by atoms with Crippen molar-refractivity contribution in [3.8, 4) is 0 Å². The molecule has 0 spiro atoms. The number of anilines is 1. The van der Waals surface area contributed by atoms with Crippen molar-refractivity contribution >= 4 is 23.0 Å². The Morgan fingerprint density at radius 1 is 1.31 bits per heavy atom. The number of para-hydroxylation sites is 1. The van der Waals surface area contributed by atoms with Gasteiger partial charge in [-0.15, -0.1) is 0 Å². The van der Waals surface area contributed by atoms with E-state index in [0.717, 1.165) is 5.69 Å². The van der Waals surface area contributed by atoms with Crippen LogP contribution in [-0.4, -0.2) is 22.9 Å². The van der Waals surface area contributed by atoms with Crippen molar-refractivity contribution in [1.82, 2.24) is 5.32 Å². The van der Waals surface area contributed by atoms with Crippen molar-refractivity contribution in [3.63, 3.8) is 0 Å². The number of thiocarbonyl (C=S) groups is 1. The molecule has 4 heteroatoms. The van der Waals surface area contributed by atoms with E-state index in [0.29, 0.717) is 11.0 Å². The molecule has 3 N–H and O–H groups in total. The van der Waals surface area contributed by atoms with E-state index in [1.54, 1.807) is 0 Å². The molecular weight excluding hydrogens is 220 g/mol. The highest BCUT2D eigenvalue weighted by Gasteiger charge is 2.12. The molecular formula is C12H18N2OS. The molecule has 0 aliphatic rings. The van der Waals surface area contributed by atoms with Gasteiger partial charge in [-0.2, -0.15) is 0 Å². The minimum absolute atomic E-state index is 0.0105. The van der Waals surface area contributed by atoms with E-state index < -0.39 is 0 Å². The number of hydrogen-bond acceptors (Lipinski definition) is 2. The summed E-state index contributed by atoms with van der Waals surface area (Å²) in [6.45, 7) is 4.16. The van der Waals surface area contributed by atoms with E-state index in [1.807, 2.05) is 44.2 Å². The number of nitrogens with one attached hydrogen (secondary N) is 2. The van der Waals surface area contributed by atoms with E-state index in [9.17, 15) is 0 Å². The summed E-state index contributed by atoms with van der Waals surface area (Å²) in [4.78, 5) is 0. The fraction of sp³-hybridized carbons (Fsp3) is 0.417. The summed E-state index contributed by atoms with van der Waals surface area (Å²) in [7, 11) is 0. The molecule has 0 fully saturated rings. The van der Waals surface area contributed by atoms with Crippen molar-refractivity contribution in [1.29, 1.82) is 0 Å². The lowest BCUT2D eigenvalue weighted by molar-refractivity contribution is 0.226. The van der Waals surface area contributed by atoms with Gasteiger partial charge in [-0.3, -0.25) is 0 Å². The fourth-order valence-electron chi connectivity index (χ4n) is 1.28. The van der Waals surface area contributed by atoms with Crippen LogP contribution in [0.4, 0.5) is 5.69 Å². The van der Waals surface area contributed by atoms with Gasteiger partial charge in [0.25, 0.3) is 0 Å². The van der Waals surface area contributed by atoms with Gasteiger partial charge in [0.1, 0.15) is 0 Å². The third-order valence-corrected chi connectivity index (χ3v) is 2.57. The normalized spacial score (nSPS) is 12.2. The lowest BCUT2D eigenvalue weighted by Crippen LogP contribution is -2.43. The largest absolute Gasteiger partial charge is 0.394 e. The van der Waals surface area contributed by atoms with Crippen LogP contribution < -0.4 is 10.6 Å². The highest BCUT2D eigenvalue weighted by Crippen LogP contribution is 2.06. The second-order valence-corrected chi connectivity index (χ2v) is 4.41. The SMILES string of the molecule is CC(C)[C@@H](CO)NC(=S)Nc1ccccc1. The Morgan fingerprint density at radius 2 is 1.94 bits per heavy atom. The smallest absolute Gasteiger partial charge is 0.171 e. The quantitative estimate of drug-likeness (QED) is 0.702. The van der Waals surface area contributed by atoms with Gasteiger partial charge in [0.2, 0.25) is 0 Å². The molecule has 1 rings (SSSR count). The third-order valence-electron chi connectivity index (χ3n) is 2.35. The third kappa shape index (κ3) is 4.16. The first kappa shape index (κ1) is 12.9. The summed E-state index contributed by atoms with van der Waals surface area (Å²) in [5, 5.41) is 15.9. The predicted molar refractivity (Wildman–Crippen MR) is 71.5 cm³/mol. The Morgan fingerprint density at radius 3 is 2.44 bits per heavy atom. The second kappa shape index (κ2) is 6.45. The molecule has 88 valence electrons. The van der Waals surface area contributed by atoms with E-state index in [-0.39, 0.29) is 12.6 Å². The number of hydrogen-bond donors (Lipinski definition) is 3. The standard InChI is InChI=1S/C12H18N2OS/c1-9(2)11(8-15)14-12(16)13-10-6-4-3-5-7-10/h3-7,9,11,15H,8H2,1-2H3,(H2,13,14,16)/t11-/m1/s1. The average Bonchev–Trinajstić information content (AvgIpc) is 2.27. The van der Waals surface area contributed by atoms with Crippen molar-refractivity contribution in [2.45, 2.75) is 19.9 Å². The first-order chi connectivity index (χ1) is 7.63. The number of benzene rings is 1. The summed E-state index contributed by atoms with van der Waals surface area (Å²) < 4.78 is 0. The Bertz CT molecular complexity index is 327. The van der Waals surface area contributed by atoms with Crippen LogP contribution in [0.2, 0.25) is 0 Å². The summed E-state index contributed by atoms with van der Waals surface area (Å²) in [6, 6.07) is 9.71. The molecule has 0 aromatic heterocycles. The van der Waals surface area contributed by atoms with Gasteiger partial charge in [-0.25, -0.2) is 0 Å². The molecule has 0 heterocycles. The average molecular weight is 238 g/mol. The maximum atomic E-state index is 9.16. The summed E-state index contributed by atoms with van der Waals surface area (Å²) in [5.74, 6) is 0.334. The lowest BCUT2D eigenvalue weighted by Gasteiger charge is -2.22. The molecule has 0 radical (unpaired) electrons. The van der Waals surface area contributed by atoms with Crippen molar-refractivity contribution in [2.24, 2.45) is 5.92 Å². The van der Waals surface area contributed by atoms with Gasteiger partial charge < -0.3 is 15.7 Å². The molecule has 0 aliphatic carbocycles. The Labute approximate surface area is 102 Å². The minimum Gasteiger partial charge on any atom is -0.394 e. The first-order valence-corrected chi connectivity index (χ1v) is 5.77. The minimum atomic E-state index is -0.0105. The van der Waals surface area contributed by atoms with Crippen LogP contribution in [0.25, 0.3) is 0 Å². The lowest BCUT2D eigenvalue weighted by atomic mass is 10.1. The molecule has 0 aliphatic heterocycles. The maximum absolute atomic E-state index is 9.16. The van der Waals surface area contributed by atoms with Crippen molar-refractivity contribution < 1.29 is 5.11 Å². The van der Waals surface area contributed by atoms with Gasteiger partial charge in [-0.1, -0.05) is 32.0 Å². The Kier molecular flexibility index (Phi) is 5.22. The van der Waals surface area contributed by atoms with Crippen LogP contribution in [0, 0.1) is 5.92 Å². The van der Waals surface area contributed by atoms with Crippen molar-refractivity contribution in [3.05, 3.63) is 30.3 Å². The van der Waals surface area contributed by atoms with Crippen LogP contribution >= 0.6 is 12.2 Å². The Balaban J connectivity index is 2.47. The molecule has 0 unspecified atom stereocenters. The first-order valence-electron chi connectivity index (χ1n) is 5.37. The Hall–Kier alpha value is -1.13. The van der Waals surface area contributed by atoms with E-state index in [1.165, 1.54) is 0 Å². The molecule has 0 saturated heterocycles. The summed E-state index contributed by atoms with van der Waals surface area (Å²) in [5.41, 5.74) is 0.945. The van der Waals surface area contributed by atoms with Gasteiger partial charge in [-0.05, 0) is 30.3 Å². The topological polar surface area (TPSA) is 44.3 Å². The monoisotopic (exact) mass is 238 g/mol. The van der Waals surface area contributed by atoms with Crippen LogP contribution in [0.15, 0.2) is 30.3 Å². The molecule has 1 aromatic carbocycles.